The molecule has 2 amide bonds. The number of carbonyl (C=O) groups excluding carboxylic acids is 1. The van der Waals surface area contributed by atoms with Crippen LogP contribution in [0.4, 0.5) is 10.5 Å². The Bertz CT molecular complexity index is 447. The predicted molar refractivity (Wildman–Crippen MR) is 78.7 cm³/mol. The van der Waals surface area contributed by atoms with Crippen LogP contribution in [0.25, 0.3) is 0 Å². The zero-order valence-electron chi connectivity index (χ0n) is 11.6. The van der Waals surface area contributed by atoms with Crippen molar-refractivity contribution in [2.24, 2.45) is 5.41 Å². The van der Waals surface area contributed by atoms with Crippen molar-refractivity contribution < 1.29 is 9.90 Å². The summed E-state index contributed by atoms with van der Waals surface area (Å²) in [6.07, 6.45) is 0.637. The van der Waals surface area contributed by atoms with Crippen LogP contribution in [0, 0.1) is 12.3 Å². The van der Waals surface area contributed by atoms with E-state index in [1.165, 1.54) is 0 Å². The maximum Gasteiger partial charge on any atom is 0.319 e. The fourth-order valence-electron chi connectivity index (χ4n) is 1.60. The lowest BCUT2D eigenvalue weighted by atomic mass is 9.90. The molecule has 1 aromatic carbocycles. The van der Waals surface area contributed by atoms with E-state index in [4.69, 9.17) is 16.7 Å². The number of aliphatic hydroxyl groups excluding tert-OH is 1. The Balaban J connectivity index is 2.52. The zero-order valence-corrected chi connectivity index (χ0v) is 12.3. The van der Waals surface area contributed by atoms with Crippen LogP contribution in [-0.4, -0.2) is 24.3 Å². The van der Waals surface area contributed by atoms with Crippen molar-refractivity contribution in [2.45, 2.75) is 27.2 Å². The van der Waals surface area contributed by atoms with Crippen LogP contribution in [0.15, 0.2) is 18.2 Å². The van der Waals surface area contributed by atoms with Crippen molar-refractivity contribution in [2.75, 3.05) is 18.5 Å². The Kier molecular flexibility index (Phi) is 5.63. The largest absolute Gasteiger partial charge is 0.396 e. The average Bonchev–Trinajstić information content (AvgIpc) is 2.30. The lowest BCUT2D eigenvalue weighted by molar-refractivity contribution is 0.204. The second-order valence-corrected chi connectivity index (χ2v) is 5.84. The van der Waals surface area contributed by atoms with E-state index in [-0.39, 0.29) is 18.1 Å². The molecule has 0 aromatic heterocycles. The Hall–Kier alpha value is -1.26. The number of hydrogen-bond donors (Lipinski definition) is 3. The summed E-state index contributed by atoms with van der Waals surface area (Å²) in [7, 11) is 0. The summed E-state index contributed by atoms with van der Waals surface area (Å²) in [5.41, 5.74) is 1.49. The molecule has 106 valence electrons. The van der Waals surface area contributed by atoms with Crippen LogP contribution in [0.1, 0.15) is 25.8 Å². The van der Waals surface area contributed by atoms with Crippen molar-refractivity contribution >= 4 is 23.3 Å². The third-order valence-electron chi connectivity index (χ3n) is 2.89. The Morgan fingerprint density at radius 1 is 1.42 bits per heavy atom. The van der Waals surface area contributed by atoms with Crippen LogP contribution >= 0.6 is 11.6 Å². The molecule has 0 unspecified atom stereocenters. The second-order valence-electron chi connectivity index (χ2n) is 5.43. The first kappa shape index (κ1) is 15.8. The van der Waals surface area contributed by atoms with Gasteiger partial charge in [-0.2, -0.15) is 0 Å². The van der Waals surface area contributed by atoms with Crippen molar-refractivity contribution in [1.82, 2.24) is 5.32 Å². The lowest BCUT2D eigenvalue weighted by Gasteiger charge is -2.23. The topological polar surface area (TPSA) is 61.4 Å². The van der Waals surface area contributed by atoms with E-state index >= 15 is 0 Å². The van der Waals surface area contributed by atoms with Crippen LogP contribution in [-0.2, 0) is 0 Å². The number of rotatable bonds is 5. The Morgan fingerprint density at radius 2 is 2.11 bits per heavy atom. The van der Waals surface area contributed by atoms with Gasteiger partial charge in [-0.1, -0.05) is 31.5 Å². The van der Waals surface area contributed by atoms with Crippen molar-refractivity contribution in [3.8, 4) is 0 Å². The zero-order chi connectivity index (χ0) is 14.5. The minimum atomic E-state index is -0.295. The third kappa shape index (κ3) is 5.49. The number of amides is 2. The van der Waals surface area contributed by atoms with Crippen LogP contribution in [0.5, 0.6) is 0 Å². The molecule has 0 atom stereocenters. The van der Waals surface area contributed by atoms with Gasteiger partial charge >= 0.3 is 6.03 Å². The van der Waals surface area contributed by atoms with Gasteiger partial charge in [-0.3, -0.25) is 0 Å². The molecule has 5 heteroatoms. The van der Waals surface area contributed by atoms with Gasteiger partial charge in [-0.25, -0.2) is 4.79 Å². The van der Waals surface area contributed by atoms with E-state index in [1.54, 1.807) is 12.1 Å². The monoisotopic (exact) mass is 284 g/mol. The smallest absolute Gasteiger partial charge is 0.319 e. The number of hydrogen-bond acceptors (Lipinski definition) is 2. The summed E-state index contributed by atoms with van der Waals surface area (Å²) < 4.78 is 0. The van der Waals surface area contributed by atoms with Crippen LogP contribution in [0.3, 0.4) is 0 Å². The molecular weight excluding hydrogens is 264 g/mol. The third-order valence-corrected chi connectivity index (χ3v) is 3.20. The molecule has 3 N–H and O–H groups in total. The minimum Gasteiger partial charge on any atom is -0.396 e. The molecule has 0 aliphatic heterocycles. The molecule has 4 nitrogen and oxygen atoms in total. The standard InChI is InChI=1S/C14H21ClN2O2/c1-10-4-5-12(11(15)8-10)17-13(19)16-9-14(2,3)6-7-18/h4-5,8,18H,6-7,9H2,1-3H3,(H2,16,17,19). The van der Waals surface area contributed by atoms with Gasteiger partial charge in [-0.05, 0) is 36.5 Å². The van der Waals surface area contributed by atoms with Gasteiger partial charge in [0, 0.05) is 13.2 Å². The van der Waals surface area contributed by atoms with E-state index in [9.17, 15) is 4.79 Å². The summed E-state index contributed by atoms with van der Waals surface area (Å²) in [5.74, 6) is 0. The molecule has 0 spiro atoms. The van der Waals surface area contributed by atoms with Gasteiger partial charge in [0.15, 0.2) is 0 Å². The highest BCUT2D eigenvalue weighted by atomic mass is 35.5. The highest BCUT2D eigenvalue weighted by Crippen LogP contribution is 2.23. The van der Waals surface area contributed by atoms with Gasteiger partial charge in [0.2, 0.25) is 0 Å². The second kappa shape index (κ2) is 6.78. The first-order valence-electron chi connectivity index (χ1n) is 6.26. The lowest BCUT2D eigenvalue weighted by Crippen LogP contribution is -2.37. The number of aryl methyl sites for hydroxylation is 1. The van der Waals surface area contributed by atoms with Gasteiger partial charge in [0.05, 0.1) is 10.7 Å². The highest BCUT2D eigenvalue weighted by molar-refractivity contribution is 6.33. The van der Waals surface area contributed by atoms with E-state index < -0.39 is 0 Å². The maximum absolute atomic E-state index is 11.8. The summed E-state index contributed by atoms with van der Waals surface area (Å²) >= 11 is 6.04. The number of aliphatic hydroxyl groups is 1. The van der Waals surface area contributed by atoms with Gasteiger partial charge in [0.25, 0.3) is 0 Å². The minimum absolute atomic E-state index is 0.111. The Morgan fingerprint density at radius 3 is 2.68 bits per heavy atom. The number of halogens is 1. The summed E-state index contributed by atoms with van der Waals surface area (Å²) in [5, 5.41) is 14.9. The number of carbonyl (C=O) groups is 1. The molecule has 1 rings (SSSR count). The maximum atomic E-state index is 11.8. The molecule has 1 aromatic rings. The van der Waals surface area contributed by atoms with Crippen LogP contribution < -0.4 is 10.6 Å². The summed E-state index contributed by atoms with van der Waals surface area (Å²) in [4.78, 5) is 11.8. The fraction of sp³-hybridized carbons (Fsp3) is 0.500. The number of urea groups is 1. The highest BCUT2D eigenvalue weighted by Gasteiger charge is 2.18. The average molecular weight is 285 g/mol. The van der Waals surface area contributed by atoms with Crippen molar-refractivity contribution in [3.63, 3.8) is 0 Å². The van der Waals surface area contributed by atoms with E-state index in [0.29, 0.717) is 23.7 Å². The number of anilines is 1. The normalized spacial score (nSPS) is 11.2. The molecule has 0 saturated carbocycles. The van der Waals surface area contributed by atoms with Gasteiger partial charge in [0.1, 0.15) is 0 Å². The van der Waals surface area contributed by atoms with E-state index in [2.05, 4.69) is 10.6 Å². The molecule has 19 heavy (non-hydrogen) atoms. The molecule has 0 saturated heterocycles. The molecule has 0 aliphatic rings. The molecule has 0 fully saturated rings. The van der Waals surface area contributed by atoms with Gasteiger partial charge in [-0.15, -0.1) is 0 Å². The van der Waals surface area contributed by atoms with E-state index in [1.807, 2.05) is 26.8 Å². The quantitative estimate of drug-likeness (QED) is 0.778. The number of nitrogens with one attached hydrogen (secondary N) is 2. The molecule has 0 radical (unpaired) electrons. The summed E-state index contributed by atoms with van der Waals surface area (Å²) in [6, 6.07) is 5.16. The van der Waals surface area contributed by atoms with E-state index in [0.717, 1.165) is 5.56 Å². The number of benzene rings is 1. The van der Waals surface area contributed by atoms with Crippen molar-refractivity contribution in [1.29, 1.82) is 0 Å². The first-order chi connectivity index (χ1) is 8.84. The SMILES string of the molecule is Cc1ccc(NC(=O)NCC(C)(C)CCO)c(Cl)c1. The molecule has 0 aliphatic carbocycles. The Labute approximate surface area is 119 Å². The molecule has 0 heterocycles. The van der Waals surface area contributed by atoms with Gasteiger partial charge < -0.3 is 15.7 Å². The van der Waals surface area contributed by atoms with Crippen LogP contribution in [0.2, 0.25) is 5.02 Å². The first-order valence-corrected chi connectivity index (χ1v) is 6.64. The predicted octanol–water partition coefficient (Wildman–Crippen LogP) is 3.18. The summed E-state index contributed by atoms with van der Waals surface area (Å²) in [6.45, 7) is 6.51. The molecular formula is C14H21ClN2O2. The molecule has 0 bridgehead atoms. The fourth-order valence-corrected chi connectivity index (χ4v) is 1.88. The van der Waals surface area contributed by atoms with Crippen molar-refractivity contribution in [3.05, 3.63) is 28.8 Å².